The molecule has 0 fully saturated rings. The lowest BCUT2D eigenvalue weighted by Gasteiger charge is -2.06. The number of aromatic nitrogens is 2. The SMILES string of the molecule is COC(=O)CN=C(C=C(N)C(F)(F)F)c1nnc(-c2cccc(S(C)(=O)=O)c2)s1. The molecule has 8 nitrogen and oxygen atoms in total. The van der Waals surface area contributed by atoms with Gasteiger partial charge < -0.3 is 10.5 Å². The average Bonchev–Trinajstić information content (AvgIpc) is 3.13. The van der Waals surface area contributed by atoms with Crippen LogP contribution in [0, 0.1) is 0 Å². The zero-order valence-corrected chi connectivity index (χ0v) is 16.7. The zero-order chi connectivity index (χ0) is 21.8. The molecule has 1 heterocycles. The number of esters is 1. The first kappa shape index (κ1) is 22.5. The molecule has 2 N–H and O–H groups in total. The van der Waals surface area contributed by atoms with Crippen LogP contribution in [0.3, 0.4) is 0 Å². The monoisotopic (exact) mass is 448 g/mol. The van der Waals surface area contributed by atoms with Crippen molar-refractivity contribution in [3.05, 3.63) is 41.0 Å². The Kier molecular flexibility index (Phi) is 6.74. The van der Waals surface area contributed by atoms with Crippen molar-refractivity contribution in [2.24, 2.45) is 10.7 Å². The summed E-state index contributed by atoms with van der Waals surface area (Å²) in [6, 6.07) is 5.84. The van der Waals surface area contributed by atoms with E-state index in [1.165, 1.54) is 18.2 Å². The van der Waals surface area contributed by atoms with Crippen molar-refractivity contribution < 1.29 is 31.1 Å². The summed E-state index contributed by atoms with van der Waals surface area (Å²) in [7, 11) is -2.36. The summed E-state index contributed by atoms with van der Waals surface area (Å²) < 4.78 is 66.2. The molecule has 0 bridgehead atoms. The largest absolute Gasteiger partial charge is 0.468 e. The Bertz CT molecular complexity index is 1080. The minimum Gasteiger partial charge on any atom is -0.468 e. The number of alkyl halides is 3. The Labute approximate surface area is 167 Å². The van der Waals surface area contributed by atoms with Crippen LogP contribution in [0.1, 0.15) is 5.01 Å². The highest BCUT2D eigenvalue weighted by Gasteiger charge is 2.32. The van der Waals surface area contributed by atoms with Crippen LogP contribution in [0.4, 0.5) is 13.2 Å². The van der Waals surface area contributed by atoms with Crippen LogP contribution in [0.5, 0.6) is 0 Å². The number of nitrogens with zero attached hydrogens (tertiary/aromatic N) is 3. The second-order valence-electron chi connectivity index (χ2n) is 5.59. The number of benzene rings is 1. The van der Waals surface area contributed by atoms with E-state index >= 15 is 0 Å². The van der Waals surface area contributed by atoms with Crippen molar-refractivity contribution in [1.29, 1.82) is 0 Å². The predicted molar refractivity (Wildman–Crippen MR) is 100 cm³/mol. The van der Waals surface area contributed by atoms with Gasteiger partial charge in [0.25, 0.3) is 0 Å². The Morgan fingerprint density at radius 2 is 2.03 bits per heavy atom. The molecule has 0 amide bonds. The number of ether oxygens (including phenoxy) is 1. The molecule has 0 atom stereocenters. The molecule has 156 valence electrons. The third kappa shape index (κ3) is 6.09. The number of rotatable bonds is 6. The molecule has 2 rings (SSSR count). The summed E-state index contributed by atoms with van der Waals surface area (Å²) in [6.07, 6.45) is -3.22. The molecule has 0 aliphatic rings. The lowest BCUT2D eigenvalue weighted by Crippen LogP contribution is -2.21. The van der Waals surface area contributed by atoms with Crippen LogP contribution in [0.2, 0.25) is 0 Å². The van der Waals surface area contributed by atoms with Crippen molar-refractivity contribution in [3.63, 3.8) is 0 Å². The number of hydrogen-bond donors (Lipinski definition) is 1. The van der Waals surface area contributed by atoms with Gasteiger partial charge in [0.1, 0.15) is 17.2 Å². The summed E-state index contributed by atoms with van der Waals surface area (Å²) in [4.78, 5) is 15.1. The van der Waals surface area contributed by atoms with Crippen LogP contribution < -0.4 is 5.73 Å². The van der Waals surface area contributed by atoms with Crippen LogP contribution in [-0.2, 0) is 19.4 Å². The van der Waals surface area contributed by atoms with Crippen molar-refractivity contribution in [2.75, 3.05) is 19.9 Å². The smallest absolute Gasteiger partial charge is 0.430 e. The molecule has 0 unspecified atom stereocenters. The summed E-state index contributed by atoms with van der Waals surface area (Å²) in [5.74, 6) is -0.771. The van der Waals surface area contributed by atoms with E-state index in [9.17, 15) is 26.4 Å². The van der Waals surface area contributed by atoms with Crippen LogP contribution >= 0.6 is 11.3 Å². The van der Waals surface area contributed by atoms with E-state index in [-0.39, 0.29) is 20.6 Å². The van der Waals surface area contributed by atoms with Gasteiger partial charge in [-0.3, -0.25) is 9.79 Å². The zero-order valence-electron chi connectivity index (χ0n) is 15.1. The standard InChI is InChI=1S/C16H15F3N4O4S2/c1-27-13(24)8-21-11(7-12(20)16(17,18)19)15-23-22-14(28-15)9-4-3-5-10(6-9)29(2,25)26/h3-7H,8,20H2,1-2H3. The lowest BCUT2D eigenvalue weighted by molar-refractivity contribution is -0.138. The Morgan fingerprint density at radius 1 is 1.34 bits per heavy atom. The second-order valence-corrected chi connectivity index (χ2v) is 8.58. The summed E-state index contributed by atoms with van der Waals surface area (Å²) in [6.45, 7) is -0.550. The number of halogens is 3. The molecule has 0 aliphatic carbocycles. The first-order chi connectivity index (χ1) is 13.4. The highest BCUT2D eigenvalue weighted by Crippen LogP contribution is 2.27. The number of carbonyl (C=O) groups excluding carboxylic acids is 1. The molecule has 0 aliphatic heterocycles. The Balaban J connectivity index is 2.47. The van der Waals surface area contributed by atoms with Gasteiger partial charge in [-0.1, -0.05) is 23.5 Å². The number of sulfone groups is 1. The van der Waals surface area contributed by atoms with Crippen LogP contribution in [-0.4, -0.2) is 56.4 Å². The van der Waals surface area contributed by atoms with Crippen molar-refractivity contribution in [3.8, 4) is 10.6 Å². The van der Waals surface area contributed by atoms with Gasteiger partial charge in [-0.25, -0.2) is 8.42 Å². The van der Waals surface area contributed by atoms with Gasteiger partial charge in [-0.15, -0.1) is 10.2 Å². The first-order valence-electron chi connectivity index (χ1n) is 7.72. The highest BCUT2D eigenvalue weighted by atomic mass is 32.2. The molecule has 29 heavy (non-hydrogen) atoms. The third-order valence-corrected chi connectivity index (χ3v) is 5.48. The topological polar surface area (TPSA) is 125 Å². The van der Waals surface area contributed by atoms with Crippen LogP contribution in [0.15, 0.2) is 45.9 Å². The van der Waals surface area contributed by atoms with Crippen molar-refractivity contribution in [1.82, 2.24) is 10.2 Å². The highest BCUT2D eigenvalue weighted by molar-refractivity contribution is 7.90. The van der Waals surface area contributed by atoms with Gasteiger partial charge in [-0.05, 0) is 18.2 Å². The number of nitrogens with two attached hydrogens (primary N) is 1. The molecule has 1 aromatic carbocycles. The minimum atomic E-state index is -4.80. The molecule has 0 spiro atoms. The van der Waals surface area contributed by atoms with E-state index in [2.05, 4.69) is 19.9 Å². The maximum atomic E-state index is 12.8. The third-order valence-electron chi connectivity index (χ3n) is 3.38. The Hall–Kier alpha value is -2.80. The summed E-state index contributed by atoms with van der Waals surface area (Å²) in [5.41, 5.74) is 3.70. The van der Waals surface area contributed by atoms with E-state index in [0.717, 1.165) is 24.7 Å². The maximum absolute atomic E-state index is 12.8. The van der Waals surface area contributed by atoms with Crippen LogP contribution in [0.25, 0.3) is 10.6 Å². The van der Waals surface area contributed by atoms with Gasteiger partial charge >= 0.3 is 12.1 Å². The normalized spacial score (nSPS) is 13.4. The van der Waals surface area contributed by atoms with Gasteiger partial charge in [0.05, 0.1) is 17.7 Å². The molecule has 2 aromatic rings. The fourth-order valence-corrected chi connectivity index (χ4v) is 3.41. The molecular formula is C16H15F3N4O4S2. The predicted octanol–water partition coefficient (Wildman–Crippen LogP) is 1.98. The molecule has 0 radical (unpaired) electrons. The fourth-order valence-electron chi connectivity index (χ4n) is 1.92. The minimum absolute atomic E-state index is 0.0409. The maximum Gasteiger partial charge on any atom is 0.430 e. The van der Waals surface area contributed by atoms with E-state index < -0.39 is 34.2 Å². The fraction of sp³-hybridized carbons (Fsp3) is 0.250. The Morgan fingerprint density at radius 3 is 2.62 bits per heavy atom. The van der Waals surface area contributed by atoms with Gasteiger partial charge in [0.2, 0.25) is 0 Å². The van der Waals surface area contributed by atoms with Crippen molar-refractivity contribution in [2.45, 2.75) is 11.1 Å². The molecule has 0 saturated heterocycles. The number of allylic oxidation sites excluding steroid dienone is 2. The van der Waals surface area contributed by atoms with Gasteiger partial charge in [0.15, 0.2) is 14.8 Å². The lowest BCUT2D eigenvalue weighted by atomic mass is 10.2. The van der Waals surface area contributed by atoms with Crippen molar-refractivity contribution >= 4 is 32.9 Å². The van der Waals surface area contributed by atoms with Gasteiger partial charge in [0, 0.05) is 11.8 Å². The average molecular weight is 448 g/mol. The van der Waals surface area contributed by atoms with E-state index in [0.29, 0.717) is 11.6 Å². The first-order valence-corrected chi connectivity index (χ1v) is 10.4. The quantitative estimate of drug-likeness (QED) is 0.529. The molecule has 1 aromatic heterocycles. The molecular weight excluding hydrogens is 433 g/mol. The molecule has 0 saturated carbocycles. The molecule has 13 heteroatoms. The van der Waals surface area contributed by atoms with E-state index in [1.54, 1.807) is 6.07 Å². The number of carbonyl (C=O) groups is 1. The van der Waals surface area contributed by atoms with Gasteiger partial charge in [-0.2, -0.15) is 13.2 Å². The second kappa shape index (κ2) is 8.69. The van der Waals surface area contributed by atoms with E-state index in [1.807, 2.05) is 0 Å². The number of hydrogen-bond acceptors (Lipinski definition) is 9. The van der Waals surface area contributed by atoms with E-state index in [4.69, 9.17) is 5.73 Å². The number of aliphatic imine (C=N–C) groups is 1. The number of methoxy groups -OCH3 is 1. The summed E-state index contributed by atoms with van der Waals surface area (Å²) >= 11 is 0.858. The summed E-state index contributed by atoms with van der Waals surface area (Å²) in [5, 5.41) is 7.87.